The fourth-order valence-electron chi connectivity index (χ4n) is 1.52. The first-order chi connectivity index (χ1) is 8.14. The van der Waals surface area contributed by atoms with Gasteiger partial charge in [0.15, 0.2) is 6.10 Å². The number of rotatable bonds is 3. The standard InChI is InChI=1S/C12H14F3NO2/c1-6-4-5-9(11(16)17)7(2)10(6)18-8(3)12(13,14)15/h4-5,8H,1-3H3,(H2,16,17)/t8-/m1/s1. The number of carbonyl (C=O) groups excluding carboxylic acids is 1. The number of ether oxygens (including phenoxy) is 1. The van der Waals surface area contributed by atoms with Crippen LogP contribution in [-0.4, -0.2) is 18.2 Å². The Kier molecular flexibility index (Phi) is 3.88. The summed E-state index contributed by atoms with van der Waals surface area (Å²) in [5, 5.41) is 0. The molecular formula is C12H14F3NO2. The summed E-state index contributed by atoms with van der Waals surface area (Å²) in [4.78, 5) is 11.1. The molecular weight excluding hydrogens is 247 g/mol. The molecule has 2 N–H and O–H groups in total. The first-order valence-corrected chi connectivity index (χ1v) is 5.28. The van der Waals surface area contributed by atoms with E-state index in [2.05, 4.69) is 0 Å². The summed E-state index contributed by atoms with van der Waals surface area (Å²) in [5.74, 6) is -0.645. The third-order valence-electron chi connectivity index (χ3n) is 2.62. The van der Waals surface area contributed by atoms with Crippen molar-refractivity contribution < 1.29 is 22.7 Å². The number of alkyl halides is 3. The molecule has 0 aliphatic carbocycles. The molecule has 0 saturated heterocycles. The largest absolute Gasteiger partial charge is 0.481 e. The van der Waals surface area contributed by atoms with Crippen molar-refractivity contribution in [3.8, 4) is 5.75 Å². The molecule has 0 unspecified atom stereocenters. The highest BCUT2D eigenvalue weighted by Gasteiger charge is 2.38. The Hall–Kier alpha value is -1.72. The van der Waals surface area contributed by atoms with Gasteiger partial charge in [-0.2, -0.15) is 13.2 Å². The van der Waals surface area contributed by atoms with Gasteiger partial charge in [-0.1, -0.05) is 6.07 Å². The molecule has 0 bridgehead atoms. The van der Waals surface area contributed by atoms with Crippen LogP contribution in [0.5, 0.6) is 5.75 Å². The van der Waals surface area contributed by atoms with Crippen LogP contribution in [0.1, 0.15) is 28.4 Å². The van der Waals surface area contributed by atoms with E-state index in [1.54, 1.807) is 6.92 Å². The SMILES string of the molecule is Cc1ccc(C(N)=O)c(C)c1O[C@H](C)C(F)(F)F. The molecule has 1 rings (SSSR count). The molecule has 0 aromatic heterocycles. The van der Waals surface area contributed by atoms with Gasteiger partial charge in [-0.3, -0.25) is 4.79 Å². The molecule has 0 aliphatic heterocycles. The van der Waals surface area contributed by atoms with Gasteiger partial charge in [-0.15, -0.1) is 0 Å². The molecule has 1 atom stereocenters. The minimum absolute atomic E-state index is 0.0520. The van der Waals surface area contributed by atoms with Crippen LogP contribution >= 0.6 is 0 Å². The maximum atomic E-state index is 12.4. The second kappa shape index (κ2) is 4.88. The lowest BCUT2D eigenvalue weighted by Gasteiger charge is -2.21. The van der Waals surface area contributed by atoms with Crippen molar-refractivity contribution in [1.29, 1.82) is 0 Å². The van der Waals surface area contributed by atoms with Gasteiger partial charge in [-0.25, -0.2) is 0 Å². The molecule has 1 aromatic rings. The van der Waals surface area contributed by atoms with Gasteiger partial charge in [0.2, 0.25) is 5.91 Å². The van der Waals surface area contributed by atoms with Crippen molar-refractivity contribution >= 4 is 5.91 Å². The summed E-state index contributed by atoms with van der Waals surface area (Å²) in [5.41, 5.74) is 6.13. The lowest BCUT2D eigenvalue weighted by atomic mass is 10.0. The summed E-state index contributed by atoms with van der Waals surface area (Å²) >= 11 is 0. The Bertz CT molecular complexity index is 469. The summed E-state index contributed by atoms with van der Waals surface area (Å²) in [7, 11) is 0. The Balaban J connectivity index is 3.16. The van der Waals surface area contributed by atoms with Crippen LogP contribution in [-0.2, 0) is 0 Å². The van der Waals surface area contributed by atoms with Gasteiger partial charge in [0.1, 0.15) is 5.75 Å². The van der Waals surface area contributed by atoms with Crippen LogP contribution in [0, 0.1) is 13.8 Å². The number of halogens is 3. The molecule has 3 nitrogen and oxygen atoms in total. The summed E-state index contributed by atoms with van der Waals surface area (Å²) < 4.78 is 42.2. The number of carbonyl (C=O) groups is 1. The molecule has 0 aliphatic rings. The molecule has 18 heavy (non-hydrogen) atoms. The topological polar surface area (TPSA) is 52.3 Å². The molecule has 0 saturated carbocycles. The van der Waals surface area contributed by atoms with Crippen molar-refractivity contribution in [2.75, 3.05) is 0 Å². The fraction of sp³-hybridized carbons (Fsp3) is 0.417. The lowest BCUT2D eigenvalue weighted by Crippen LogP contribution is -2.31. The molecule has 100 valence electrons. The van der Waals surface area contributed by atoms with Crippen LogP contribution in [0.15, 0.2) is 12.1 Å². The highest BCUT2D eigenvalue weighted by atomic mass is 19.4. The highest BCUT2D eigenvalue weighted by Crippen LogP contribution is 2.31. The first kappa shape index (κ1) is 14.3. The zero-order valence-corrected chi connectivity index (χ0v) is 10.3. The van der Waals surface area contributed by atoms with Gasteiger partial charge in [0, 0.05) is 11.1 Å². The van der Waals surface area contributed by atoms with Crippen LogP contribution < -0.4 is 10.5 Å². The average Bonchev–Trinajstić information content (AvgIpc) is 2.21. The minimum atomic E-state index is -4.46. The maximum Gasteiger partial charge on any atom is 0.425 e. The number of hydrogen-bond donors (Lipinski definition) is 1. The van der Waals surface area contributed by atoms with Crippen molar-refractivity contribution in [1.82, 2.24) is 0 Å². The quantitative estimate of drug-likeness (QED) is 0.909. The van der Waals surface area contributed by atoms with E-state index in [-0.39, 0.29) is 11.3 Å². The van der Waals surface area contributed by atoms with Crippen molar-refractivity contribution in [2.45, 2.75) is 33.1 Å². The summed E-state index contributed by atoms with van der Waals surface area (Å²) in [6.45, 7) is 4.03. The van der Waals surface area contributed by atoms with Gasteiger partial charge in [-0.05, 0) is 32.4 Å². The third kappa shape index (κ3) is 2.94. The third-order valence-corrected chi connectivity index (χ3v) is 2.62. The van der Waals surface area contributed by atoms with E-state index in [0.29, 0.717) is 11.1 Å². The highest BCUT2D eigenvalue weighted by molar-refractivity contribution is 5.95. The first-order valence-electron chi connectivity index (χ1n) is 5.28. The molecule has 1 aromatic carbocycles. The van der Waals surface area contributed by atoms with Gasteiger partial charge in [0.05, 0.1) is 0 Å². The lowest BCUT2D eigenvalue weighted by molar-refractivity contribution is -0.189. The number of benzene rings is 1. The van der Waals surface area contributed by atoms with Crippen molar-refractivity contribution in [2.24, 2.45) is 5.73 Å². The number of nitrogens with two attached hydrogens (primary N) is 1. The smallest absolute Gasteiger partial charge is 0.425 e. The van der Waals surface area contributed by atoms with E-state index in [0.717, 1.165) is 6.92 Å². The maximum absolute atomic E-state index is 12.4. The Morgan fingerprint density at radius 3 is 2.33 bits per heavy atom. The second-order valence-corrected chi connectivity index (χ2v) is 4.05. The summed E-state index contributed by atoms with van der Waals surface area (Å²) in [6.07, 6.45) is -6.40. The van der Waals surface area contributed by atoms with E-state index < -0.39 is 18.2 Å². The van der Waals surface area contributed by atoms with Crippen molar-refractivity contribution in [3.05, 3.63) is 28.8 Å². The normalized spacial score (nSPS) is 13.2. The van der Waals surface area contributed by atoms with E-state index in [1.807, 2.05) is 0 Å². The predicted molar refractivity (Wildman–Crippen MR) is 60.6 cm³/mol. The number of hydrogen-bond acceptors (Lipinski definition) is 2. The monoisotopic (exact) mass is 261 g/mol. The number of aryl methyl sites for hydroxylation is 1. The molecule has 6 heteroatoms. The molecule has 0 heterocycles. The van der Waals surface area contributed by atoms with Crippen molar-refractivity contribution in [3.63, 3.8) is 0 Å². The van der Waals surface area contributed by atoms with E-state index in [1.165, 1.54) is 19.1 Å². The predicted octanol–water partition coefficient (Wildman–Crippen LogP) is 2.73. The Morgan fingerprint density at radius 2 is 1.89 bits per heavy atom. The van der Waals surface area contributed by atoms with Crippen LogP contribution in [0.3, 0.4) is 0 Å². The Morgan fingerprint density at radius 1 is 1.33 bits per heavy atom. The molecule has 1 amide bonds. The van der Waals surface area contributed by atoms with E-state index >= 15 is 0 Å². The average molecular weight is 261 g/mol. The van der Waals surface area contributed by atoms with Gasteiger partial charge < -0.3 is 10.5 Å². The Labute approximate surface area is 103 Å². The fourth-order valence-corrected chi connectivity index (χ4v) is 1.52. The minimum Gasteiger partial charge on any atom is -0.481 e. The van der Waals surface area contributed by atoms with E-state index in [9.17, 15) is 18.0 Å². The zero-order chi connectivity index (χ0) is 14.1. The van der Waals surface area contributed by atoms with Crippen LogP contribution in [0.25, 0.3) is 0 Å². The zero-order valence-electron chi connectivity index (χ0n) is 10.3. The molecule has 0 radical (unpaired) electrons. The van der Waals surface area contributed by atoms with Crippen LogP contribution in [0.4, 0.5) is 13.2 Å². The van der Waals surface area contributed by atoms with Crippen LogP contribution in [0.2, 0.25) is 0 Å². The number of amides is 1. The van der Waals surface area contributed by atoms with Gasteiger partial charge in [0.25, 0.3) is 0 Å². The number of primary amides is 1. The van der Waals surface area contributed by atoms with E-state index in [4.69, 9.17) is 10.5 Å². The molecule has 0 spiro atoms. The summed E-state index contributed by atoms with van der Waals surface area (Å²) in [6, 6.07) is 2.98. The molecule has 0 fully saturated rings. The van der Waals surface area contributed by atoms with Gasteiger partial charge >= 0.3 is 6.18 Å². The second-order valence-electron chi connectivity index (χ2n) is 4.05.